The van der Waals surface area contributed by atoms with E-state index >= 15 is 0 Å². The van der Waals surface area contributed by atoms with E-state index in [0.717, 1.165) is 23.6 Å². The largest absolute Gasteiger partial charge is 0.492 e. The lowest BCUT2D eigenvalue weighted by Gasteiger charge is -2.14. The second kappa shape index (κ2) is 11.5. The van der Waals surface area contributed by atoms with Crippen molar-refractivity contribution in [2.24, 2.45) is 0 Å². The number of aromatic nitrogens is 1. The van der Waals surface area contributed by atoms with E-state index in [2.05, 4.69) is 72.2 Å². The molecule has 0 bridgehead atoms. The fourth-order valence-electron chi connectivity index (χ4n) is 4.19. The molecule has 180 valence electrons. The first-order chi connectivity index (χ1) is 17.0. The maximum Gasteiger partial charge on any atom is 0.333 e. The molecule has 0 saturated carbocycles. The van der Waals surface area contributed by atoms with Gasteiger partial charge < -0.3 is 19.1 Å². The number of ether oxygens (including phenoxy) is 2. The maximum atomic E-state index is 11.3. The number of aryl methyl sites for hydroxylation is 1. The molecule has 0 amide bonds. The van der Waals surface area contributed by atoms with Crippen molar-refractivity contribution in [1.82, 2.24) is 4.57 Å². The molecule has 3 aromatic carbocycles. The normalized spacial score (nSPS) is 11.8. The Kier molecular flexibility index (Phi) is 8.01. The number of aliphatic carboxylic acids is 1. The molecule has 35 heavy (non-hydrogen) atoms. The lowest BCUT2D eigenvalue weighted by Crippen LogP contribution is -2.26. The summed E-state index contributed by atoms with van der Waals surface area (Å²) in [6.45, 7) is 5.52. The minimum atomic E-state index is -0.945. The van der Waals surface area contributed by atoms with Crippen LogP contribution in [0.2, 0.25) is 0 Å². The molecule has 0 radical (unpaired) electrons. The monoisotopic (exact) mass is 469 g/mol. The second-order valence-corrected chi connectivity index (χ2v) is 8.43. The fraction of sp³-hybridized carbons (Fsp3) is 0.233. The van der Waals surface area contributed by atoms with E-state index in [9.17, 15) is 9.90 Å². The zero-order valence-corrected chi connectivity index (χ0v) is 20.2. The Morgan fingerprint density at radius 2 is 1.51 bits per heavy atom. The first-order valence-electron chi connectivity index (χ1n) is 11.9. The Morgan fingerprint density at radius 3 is 2.17 bits per heavy atom. The molecule has 0 aliphatic carbocycles. The smallest absolute Gasteiger partial charge is 0.333 e. The number of carbonyl (C=O) groups is 1. The van der Waals surface area contributed by atoms with Crippen LogP contribution in [0.5, 0.6) is 5.75 Å². The minimum Gasteiger partial charge on any atom is -0.492 e. The predicted molar refractivity (Wildman–Crippen MR) is 139 cm³/mol. The highest BCUT2D eigenvalue weighted by Gasteiger charge is 2.17. The van der Waals surface area contributed by atoms with Crippen LogP contribution in [0.15, 0.2) is 91.0 Å². The molecule has 0 saturated heterocycles. The molecule has 1 unspecified atom stereocenters. The Labute approximate surface area is 206 Å². The Morgan fingerprint density at radius 1 is 0.857 bits per heavy atom. The van der Waals surface area contributed by atoms with Gasteiger partial charge in [0.15, 0.2) is 6.10 Å². The van der Waals surface area contributed by atoms with Crippen LogP contribution < -0.4 is 4.74 Å². The van der Waals surface area contributed by atoms with Crippen LogP contribution in [0.4, 0.5) is 0 Å². The van der Waals surface area contributed by atoms with E-state index in [1.54, 1.807) is 6.92 Å². The zero-order chi connectivity index (χ0) is 24.6. The summed E-state index contributed by atoms with van der Waals surface area (Å²) in [5.74, 6) is -0.185. The van der Waals surface area contributed by atoms with Crippen molar-refractivity contribution in [1.29, 1.82) is 0 Å². The molecule has 1 heterocycles. The average Bonchev–Trinajstić information content (AvgIpc) is 3.25. The first-order valence-corrected chi connectivity index (χ1v) is 11.9. The Hall–Kier alpha value is -3.83. The lowest BCUT2D eigenvalue weighted by atomic mass is 10.0. The number of nitrogens with zero attached hydrogens (tertiary/aromatic N) is 1. The van der Waals surface area contributed by atoms with Gasteiger partial charge in [0.1, 0.15) is 12.4 Å². The summed E-state index contributed by atoms with van der Waals surface area (Å²) in [5, 5.41) is 9.27. The van der Waals surface area contributed by atoms with Crippen molar-refractivity contribution in [3.05, 3.63) is 102 Å². The summed E-state index contributed by atoms with van der Waals surface area (Å²) >= 11 is 0. The van der Waals surface area contributed by atoms with Gasteiger partial charge in [0.25, 0.3) is 0 Å². The number of hydrogen-bond donors (Lipinski definition) is 1. The topological polar surface area (TPSA) is 60.7 Å². The van der Waals surface area contributed by atoms with E-state index in [0.29, 0.717) is 19.6 Å². The van der Waals surface area contributed by atoms with Gasteiger partial charge in [0, 0.05) is 24.4 Å². The predicted octanol–water partition coefficient (Wildman–Crippen LogP) is 6.24. The SMILES string of the molecule is CCOC(Cc1ccc(OCCn2c(C)ccc2-c2ccc(-c3ccccc3)cc2)cc1)C(=O)O. The second-order valence-electron chi connectivity index (χ2n) is 8.43. The van der Waals surface area contributed by atoms with Crippen LogP contribution in [-0.4, -0.2) is 35.0 Å². The lowest BCUT2D eigenvalue weighted by molar-refractivity contribution is -0.149. The molecule has 1 N–H and O–H groups in total. The summed E-state index contributed by atoms with van der Waals surface area (Å²) in [6.07, 6.45) is -0.498. The van der Waals surface area contributed by atoms with E-state index in [1.165, 1.54) is 22.4 Å². The van der Waals surface area contributed by atoms with Crippen molar-refractivity contribution in [2.45, 2.75) is 32.9 Å². The Balaban J connectivity index is 1.37. The summed E-state index contributed by atoms with van der Waals surface area (Å²) < 4.78 is 13.6. The highest BCUT2D eigenvalue weighted by atomic mass is 16.5. The summed E-state index contributed by atoms with van der Waals surface area (Å²) in [7, 11) is 0. The van der Waals surface area contributed by atoms with Gasteiger partial charge in [-0.15, -0.1) is 0 Å². The van der Waals surface area contributed by atoms with Gasteiger partial charge in [0.05, 0.1) is 6.54 Å². The molecule has 1 atom stereocenters. The van der Waals surface area contributed by atoms with Crippen molar-refractivity contribution >= 4 is 5.97 Å². The van der Waals surface area contributed by atoms with Gasteiger partial charge in [-0.05, 0) is 60.4 Å². The van der Waals surface area contributed by atoms with Crippen LogP contribution in [0.1, 0.15) is 18.2 Å². The third-order valence-electron chi connectivity index (χ3n) is 6.06. The average molecular weight is 470 g/mol. The van der Waals surface area contributed by atoms with Crippen LogP contribution in [0, 0.1) is 6.92 Å². The number of carboxylic acids is 1. The van der Waals surface area contributed by atoms with E-state index in [4.69, 9.17) is 9.47 Å². The number of hydrogen-bond acceptors (Lipinski definition) is 3. The van der Waals surface area contributed by atoms with Crippen molar-refractivity contribution in [2.75, 3.05) is 13.2 Å². The van der Waals surface area contributed by atoms with Crippen LogP contribution in [-0.2, 0) is 22.5 Å². The van der Waals surface area contributed by atoms with Gasteiger partial charge in [-0.25, -0.2) is 4.79 Å². The molecular formula is C30H31NO4. The summed E-state index contributed by atoms with van der Waals surface area (Å²) in [4.78, 5) is 11.3. The molecule has 5 heteroatoms. The number of rotatable bonds is 11. The van der Waals surface area contributed by atoms with Gasteiger partial charge in [-0.3, -0.25) is 0 Å². The fourth-order valence-corrected chi connectivity index (χ4v) is 4.19. The van der Waals surface area contributed by atoms with Gasteiger partial charge in [-0.1, -0.05) is 66.7 Å². The van der Waals surface area contributed by atoms with Crippen LogP contribution in [0.25, 0.3) is 22.4 Å². The first kappa shape index (κ1) is 24.3. The quantitative estimate of drug-likeness (QED) is 0.282. The van der Waals surface area contributed by atoms with Crippen molar-refractivity contribution < 1.29 is 19.4 Å². The molecule has 4 aromatic rings. The van der Waals surface area contributed by atoms with Crippen molar-refractivity contribution in [3.8, 4) is 28.1 Å². The van der Waals surface area contributed by atoms with Gasteiger partial charge in [0.2, 0.25) is 0 Å². The summed E-state index contributed by atoms with van der Waals surface area (Å²) in [6, 6.07) is 30.9. The van der Waals surface area contributed by atoms with Gasteiger partial charge >= 0.3 is 5.97 Å². The third kappa shape index (κ3) is 6.19. The molecule has 5 nitrogen and oxygen atoms in total. The zero-order valence-electron chi connectivity index (χ0n) is 20.2. The van der Waals surface area contributed by atoms with E-state index < -0.39 is 12.1 Å². The molecule has 0 aliphatic rings. The Bertz CT molecular complexity index is 1230. The van der Waals surface area contributed by atoms with E-state index in [-0.39, 0.29) is 0 Å². The minimum absolute atomic E-state index is 0.332. The highest BCUT2D eigenvalue weighted by Crippen LogP contribution is 2.26. The molecule has 0 spiro atoms. The molecule has 1 aromatic heterocycles. The molecule has 0 aliphatic heterocycles. The maximum absolute atomic E-state index is 11.3. The summed E-state index contributed by atoms with van der Waals surface area (Å²) in [5.41, 5.74) is 6.83. The number of carboxylic acid groups (broad SMARTS) is 1. The van der Waals surface area contributed by atoms with Gasteiger partial charge in [-0.2, -0.15) is 0 Å². The van der Waals surface area contributed by atoms with E-state index in [1.807, 2.05) is 30.3 Å². The molecular weight excluding hydrogens is 438 g/mol. The highest BCUT2D eigenvalue weighted by molar-refractivity contribution is 5.72. The number of benzene rings is 3. The molecule has 0 fully saturated rings. The standard InChI is InChI=1S/C30H31NO4/c1-3-34-29(30(32)33)21-23-10-16-27(17-11-23)35-20-19-31-22(2)9-18-28(31)26-14-12-25(13-15-26)24-7-5-4-6-8-24/h4-18,29H,3,19-21H2,1-2H3,(H,32,33). The molecule has 4 rings (SSSR count). The third-order valence-corrected chi connectivity index (χ3v) is 6.06. The van der Waals surface area contributed by atoms with Crippen LogP contribution in [0.3, 0.4) is 0 Å². The van der Waals surface area contributed by atoms with Crippen LogP contribution >= 0.6 is 0 Å². The van der Waals surface area contributed by atoms with Crippen molar-refractivity contribution in [3.63, 3.8) is 0 Å².